The summed E-state index contributed by atoms with van der Waals surface area (Å²) in [4.78, 5) is 13.6. The van der Waals surface area contributed by atoms with Crippen molar-refractivity contribution >= 4 is 11.6 Å². The van der Waals surface area contributed by atoms with E-state index in [9.17, 15) is 10.0 Å². The Balaban J connectivity index is 2.13. The van der Waals surface area contributed by atoms with Crippen molar-refractivity contribution in [1.29, 1.82) is 0 Å². The van der Waals surface area contributed by atoms with Gasteiger partial charge in [0.1, 0.15) is 12.4 Å². The van der Waals surface area contributed by atoms with E-state index in [-0.39, 0.29) is 18.1 Å². The molecule has 3 aromatic rings. The number of pyridine rings is 1. The largest absolute Gasteiger partial charge is 0.618 e. The van der Waals surface area contributed by atoms with Crippen LogP contribution in [-0.2, 0) is 19.3 Å². The minimum absolute atomic E-state index is 0.235. The van der Waals surface area contributed by atoms with Crippen molar-refractivity contribution in [1.82, 2.24) is 0 Å². The van der Waals surface area contributed by atoms with Gasteiger partial charge in [0.15, 0.2) is 11.3 Å². The van der Waals surface area contributed by atoms with E-state index in [0.717, 1.165) is 39.9 Å². The van der Waals surface area contributed by atoms with Crippen LogP contribution in [0.15, 0.2) is 67.3 Å². The molecule has 1 N–H and O–H groups in total. The molecule has 3 rings (SSSR count). The van der Waals surface area contributed by atoms with E-state index in [0.29, 0.717) is 23.6 Å². The molecule has 0 radical (unpaired) electrons. The lowest BCUT2D eigenvalue weighted by atomic mass is 10.0. The highest BCUT2D eigenvalue weighted by atomic mass is 16.5. The van der Waals surface area contributed by atoms with Crippen LogP contribution in [0.3, 0.4) is 0 Å². The van der Waals surface area contributed by atoms with Crippen LogP contribution in [0, 0.1) is 12.1 Å². The van der Waals surface area contributed by atoms with Gasteiger partial charge in [-0.3, -0.25) is 4.79 Å². The number of benzene rings is 2. The highest BCUT2D eigenvalue weighted by Gasteiger charge is 2.28. The number of aromatic nitrogens is 1. The number of anilines is 1. The summed E-state index contributed by atoms with van der Waals surface area (Å²) in [5.74, 6) is 0.0279. The maximum atomic E-state index is 13.6. The van der Waals surface area contributed by atoms with E-state index in [2.05, 4.69) is 25.7 Å². The molecule has 32 heavy (non-hydrogen) atoms. The summed E-state index contributed by atoms with van der Waals surface area (Å²) in [5.41, 5.74) is 4.94. The number of hydrogen-bond acceptors (Lipinski definition) is 3. The van der Waals surface area contributed by atoms with Crippen molar-refractivity contribution in [2.75, 3.05) is 11.9 Å². The second-order valence-electron chi connectivity index (χ2n) is 7.64. The predicted molar refractivity (Wildman–Crippen MR) is 128 cm³/mol. The quantitative estimate of drug-likeness (QED) is 0.290. The van der Waals surface area contributed by atoms with Gasteiger partial charge >= 0.3 is 0 Å². The van der Waals surface area contributed by atoms with Gasteiger partial charge in [0.05, 0.1) is 6.42 Å². The molecule has 0 fully saturated rings. The predicted octanol–water partition coefficient (Wildman–Crippen LogP) is 5.16. The molecule has 0 saturated heterocycles. The molecule has 2 aromatic carbocycles. The fourth-order valence-corrected chi connectivity index (χ4v) is 3.81. The third-order valence-electron chi connectivity index (χ3n) is 5.48. The van der Waals surface area contributed by atoms with Gasteiger partial charge in [-0.25, -0.2) is 0 Å². The Morgan fingerprint density at radius 2 is 1.75 bits per heavy atom. The third kappa shape index (κ3) is 4.99. The third-order valence-corrected chi connectivity index (χ3v) is 5.48. The molecule has 0 saturated carbocycles. The van der Waals surface area contributed by atoms with Crippen LogP contribution in [0.4, 0.5) is 5.69 Å². The highest BCUT2D eigenvalue weighted by molar-refractivity contribution is 6.07. The van der Waals surface area contributed by atoms with Gasteiger partial charge in [0.2, 0.25) is 5.69 Å². The maximum absolute atomic E-state index is 13.6. The summed E-state index contributed by atoms with van der Waals surface area (Å²) < 4.78 is 6.67. The van der Waals surface area contributed by atoms with Crippen LogP contribution >= 0.6 is 0 Å². The van der Waals surface area contributed by atoms with Crippen molar-refractivity contribution in [3.63, 3.8) is 0 Å². The molecule has 0 spiro atoms. The number of nitrogens with one attached hydrogen (secondary N) is 1. The Bertz CT molecular complexity index is 1090. The molecule has 0 aliphatic carbocycles. The van der Waals surface area contributed by atoms with E-state index in [4.69, 9.17) is 4.74 Å². The standard InChI is InChI=1S/C27H30N2O3/c1-5-16-32-24-17-19(4)29(31)23(18-20-12-9-8-10-13-20)25(24)27(30)28-26-21(6-2)14-11-15-22(26)7-3/h5,8-15,17H,1,6-7,16,18H2,2-4H3,(H,28,30). The Kier molecular flexibility index (Phi) is 7.66. The molecule has 0 unspecified atom stereocenters. The van der Waals surface area contributed by atoms with Crippen LogP contribution in [0.25, 0.3) is 0 Å². The fraction of sp³-hybridized carbons (Fsp3) is 0.259. The average Bonchev–Trinajstić information content (AvgIpc) is 2.81. The monoisotopic (exact) mass is 430 g/mol. The zero-order chi connectivity index (χ0) is 23.1. The van der Waals surface area contributed by atoms with Crippen molar-refractivity contribution in [2.45, 2.75) is 40.0 Å². The Labute approximate surface area is 190 Å². The number of para-hydroxylation sites is 1. The second-order valence-corrected chi connectivity index (χ2v) is 7.64. The van der Waals surface area contributed by atoms with Crippen LogP contribution in [0.5, 0.6) is 5.75 Å². The Hall–Kier alpha value is -3.60. The number of amides is 1. The summed E-state index contributed by atoms with van der Waals surface area (Å²) in [6.07, 6.45) is 3.51. The topological polar surface area (TPSA) is 65.3 Å². The summed E-state index contributed by atoms with van der Waals surface area (Å²) in [5, 5.41) is 16.2. The van der Waals surface area contributed by atoms with Crippen LogP contribution in [0.1, 0.15) is 52.3 Å². The molecule has 1 aromatic heterocycles. The van der Waals surface area contributed by atoms with Crippen LogP contribution < -0.4 is 14.8 Å². The second kappa shape index (κ2) is 10.6. The lowest BCUT2D eigenvalue weighted by molar-refractivity contribution is -0.620. The van der Waals surface area contributed by atoms with Crippen molar-refractivity contribution in [3.05, 3.63) is 106 Å². The molecular weight excluding hydrogens is 400 g/mol. The van der Waals surface area contributed by atoms with E-state index in [1.807, 2.05) is 48.5 Å². The summed E-state index contributed by atoms with van der Waals surface area (Å²) >= 11 is 0. The molecule has 0 aliphatic rings. The van der Waals surface area contributed by atoms with Gasteiger partial charge in [-0.05, 0) is 29.5 Å². The normalized spacial score (nSPS) is 10.6. The molecule has 0 atom stereocenters. The average molecular weight is 431 g/mol. The molecule has 5 nitrogen and oxygen atoms in total. The van der Waals surface area contributed by atoms with Gasteiger partial charge in [-0.1, -0.05) is 75.0 Å². The zero-order valence-electron chi connectivity index (χ0n) is 19.0. The number of hydrogen-bond donors (Lipinski definition) is 1. The highest BCUT2D eigenvalue weighted by Crippen LogP contribution is 2.28. The van der Waals surface area contributed by atoms with Crippen molar-refractivity contribution in [2.24, 2.45) is 0 Å². The number of ether oxygens (including phenoxy) is 1. The fourth-order valence-electron chi connectivity index (χ4n) is 3.81. The van der Waals surface area contributed by atoms with Gasteiger partial charge in [0, 0.05) is 18.7 Å². The number of nitrogens with zero attached hydrogens (tertiary/aromatic N) is 1. The lowest BCUT2D eigenvalue weighted by Crippen LogP contribution is -2.39. The van der Waals surface area contributed by atoms with E-state index in [1.54, 1.807) is 19.1 Å². The first-order valence-corrected chi connectivity index (χ1v) is 11.0. The van der Waals surface area contributed by atoms with Gasteiger partial charge in [-0.2, -0.15) is 4.73 Å². The lowest BCUT2D eigenvalue weighted by Gasteiger charge is -2.19. The van der Waals surface area contributed by atoms with Crippen molar-refractivity contribution in [3.8, 4) is 5.75 Å². The number of aryl methyl sites for hydroxylation is 3. The van der Waals surface area contributed by atoms with E-state index < -0.39 is 0 Å². The molecule has 0 bridgehead atoms. The van der Waals surface area contributed by atoms with Gasteiger partial charge < -0.3 is 15.3 Å². The zero-order valence-corrected chi connectivity index (χ0v) is 19.0. The summed E-state index contributed by atoms with van der Waals surface area (Å²) in [7, 11) is 0. The van der Waals surface area contributed by atoms with Gasteiger partial charge in [-0.15, -0.1) is 0 Å². The van der Waals surface area contributed by atoms with Gasteiger partial charge in [0.25, 0.3) is 5.91 Å². The molecule has 0 aliphatic heterocycles. The molecule has 1 heterocycles. The smallest absolute Gasteiger partial charge is 0.265 e. The number of carbonyl (C=O) groups is 1. The molecular formula is C27H30N2O3. The molecule has 5 heteroatoms. The van der Waals surface area contributed by atoms with Crippen LogP contribution in [-0.4, -0.2) is 12.5 Å². The minimum Gasteiger partial charge on any atom is -0.618 e. The number of rotatable bonds is 9. The first kappa shape index (κ1) is 23.1. The van der Waals surface area contributed by atoms with E-state index >= 15 is 0 Å². The maximum Gasteiger partial charge on any atom is 0.265 e. The van der Waals surface area contributed by atoms with Crippen molar-refractivity contribution < 1.29 is 14.3 Å². The Morgan fingerprint density at radius 3 is 2.34 bits per heavy atom. The Morgan fingerprint density at radius 1 is 1.09 bits per heavy atom. The van der Waals surface area contributed by atoms with E-state index in [1.165, 1.54) is 0 Å². The summed E-state index contributed by atoms with van der Waals surface area (Å²) in [6, 6.07) is 17.3. The minimum atomic E-state index is -0.352. The molecule has 166 valence electrons. The molecule has 1 amide bonds. The van der Waals surface area contributed by atoms with Crippen LogP contribution in [0.2, 0.25) is 0 Å². The number of carbonyl (C=O) groups excluding carboxylic acids is 1. The first-order valence-electron chi connectivity index (χ1n) is 11.0. The SMILES string of the molecule is C=CCOc1cc(C)[n+]([O-])c(Cc2ccccc2)c1C(=O)Nc1c(CC)cccc1CC. The summed E-state index contributed by atoms with van der Waals surface area (Å²) in [6.45, 7) is 9.76. The first-order chi connectivity index (χ1) is 15.5.